The van der Waals surface area contributed by atoms with Crippen LogP contribution in [0.15, 0.2) is 66.7 Å². The fraction of sp³-hybridized carbons (Fsp3) is 0.179. The molecule has 0 saturated heterocycles. The number of fused-ring (bicyclic) bond motifs is 1. The van der Waals surface area contributed by atoms with Crippen molar-refractivity contribution < 1.29 is 33.3 Å². The first kappa shape index (κ1) is 24.5. The number of carbonyl (C=O) groups excluding carboxylic acids is 3. The SMILES string of the molecule is COc1cc2c(cc1OC)C(=Cc1ccc(OC(=O)CCC(=O)OCc3ccccc3)cc1)C(=O)N2. The molecule has 0 unspecified atom stereocenters. The van der Waals surface area contributed by atoms with Crippen LogP contribution in [0.2, 0.25) is 0 Å². The topological polar surface area (TPSA) is 100 Å². The average Bonchev–Trinajstić information content (AvgIpc) is 3.20. The first-order valence-electron chi connectivity index (χ1n) is 11.3. The number of methoxy groups -OCH3 is 2. The van der Waals surface area contributed by atoms with Crippen molar-refractivity contribution in [2.75, 3.05) is 19.5 Å². The molecule has 1 aliphatic heterocycles. The van der Waals surface area contributed by atoms with Crippen LogP contribution in [0.4, 0.5) is 5.69 Å². The predicted molar refractivity (Wildman–Crippen MR) is 134 cm³/mol. The van der Waals surface area contributed by atoms with Crippen LogP contribution in [-0.2, 0) is 25.7 Å². The Morgan fingerprint density at radius 2 is 1.53 bits per heavy atom. The molecule has 0 fully saturated rings. The van der Waals surface area contributed by atoms with Crippen molar-refractivity contribution in [3.8, 4) is 17.2 Å². The fourth-order valence-corrected chi connectivity index (χ4v) is 3.66. The lowest BCUT2D eigenvalue weighted by Crippen LogP contribution is -2.12. The Bertz CT molecular complexity index is 1300. The second kappa shape index (κ2) is 11.2. The molecule has 8 nitrogen and oxygen atoms in total. The van der Waals surface area contributed by atoms with Crippen molar-refractivity contribution in [2.45, 2.75) is 19.4 Å². The Morgan fingerprint density at radius 1 is 0.861 bits per heavy atom. The molecular weight excluding hydrogens is 462 g/mol. The largest absolute Gasteiger partial charge is 0.493 e. The molecular formula is C28H25NO7. The summed E-state index contributed by atoms with van der Waals surface area (Å²) in [7, 11) is 3.06. The molecule has 36 heavy (non-hydrogen) atoms. The number of nitrogens with one attached hydrogen (secondary N) is 1. The van der Waals surface area contributed by atoms with Crippen LogP contribution in [0.3, 0.4) is 0 Å². The summed E-state index contributed by atoms with van der Waals surface area (Å²) in [4.78, 5) is 36.6. The van der Waals surface area contributed by atoms with Gasteiger partial charge in [0.2, 0.25) is 0 Å². The van der Waals surface area contributed by atoms with Crippen molar-refractivity contribution in [1.82, 2.24) is 0 Å². The third kappa shape index (κ3) is 5.90. The van der Waals surface area contributed by atoms with E-state index in [2.05, 4.69) is 5.32 Å². The van der Waals surface area contributed by atoms with Crippen LogP contribution in [0.5, 0.6) is 17.2 Å². The zero-order valence-electron chi connectivity index (χ0n) is 19.9. The van der Waals surface area contributed by atoms with Crippen LogP contribution in [-0.4, -0.2) is 32.1 Å². The minimum Gasteiger partial charge on any atom is -0.493 e. The Morgan fingerprint density at radius 3 is 2.22 bits per heavy atom. The lowest BCUT2D eigenvalue weighted by Gasteiger charge is -2.09. The zero-order valence-corrected chi connectivity index (χ0v) is 19.9. The maximum atomic E-state index is 12.5. The van der Waals surface area contributed by atoms with Gasteiger partial charge in [-0.2, -0.15) is 0 Å². The molecule has 0 atom stereocenters. The molecule has 3 aromatic carbocycles. The lowest BCUT2D eigenvalue weighted by molar-refractivity contribution is -0.148. The first-order chi connectivity index (χ1) is 17.5. The van der Waals surface area contributed by atoms with Crippen LogP contribution in [0.1, 0.15) is 29.5 Å². The molecule has 1 amide bonds. The van der Waals surface area contributed by atoms with Crippen molar-refractivity contribution in [2.24, 2.45) is 0 Å². The minimum atomic E-state index is -0.539. The maximum absolute atomic E-state index is 12.5. The van der Waals surface area contributed by atoms with Gasteiger partial charge in [-0.05, 0) is 35.4 Å². The van der Waals surface area contributed by atoms with Crippen LogP contribution >= 0.6 is 0 Å². The zero-order chi connectivity index (χ0) is 25.5. The Kier molecular flexibility index (Phi) is 7.65. The van der Waals surface area contributed by atoms with Crippen LogP contribution in [0, 0.1) is 0 Å². The highest BCUT2D eigenvalue weighted by atomic mass is 16.5. The molecule has 0 spiro atoms. The van der Waals surface area contributed by atoms with Gasteiger partial charge in [0.05, 0.1) is 32.7 Å². The van der Waals surface area contributed by atoms with Crippen molar-refractivity contribution >= 4 is 35.2 Å². The molecule has 0 bridgehead atoms. The number of hydrogen-bond acceptors (Lipinski definition) is 7. The number of amides is 1. The van der Waals surface area contributed by atoms with Crippen molar-refractivity contribution in [1.29, 1.82) is 0 Å². The van der Waals surface area contributed by atoms with E-state index in [1.54, 1.807) is 42.5 Å². The molecule has 0 radical (unpaired) electrons. The number of esters is 2. The average molecular weight is 488 g/mol. The molecule has 0 saturated carbocycles. The normalized spacial score (nSPS) is 13.1. The number of ether oxygens (including phenoxy) is 4. The smallest absolute Gasteiger partial charge is 0.311 e. The van der Waals surface area contributed by atoms with Gasteiger partial charge in [-0.1, -0.05) is 42.5 Å². The summed E-state index contributed by atoms with van der Waals surface area (Å²) in [5.41, 5.74) is 3.43. The fourth-order valence-electron chi connectivity index (χ4n) is 3.66. The monoisotopic (exact) mass is 487 g/mol. The van der Waals surface area contributed by atoms with E-state index in [-0.39, 0.29) is 25.4 Å². The summed E-state index contributed by atoms with van der Waals surface area (Å²) in [6, 6.07) is 19.5. The summed E-state index contributed by atoms with van der Waals surface area (Å²) < 4.78 is 21.1. The predicted octanol–water partition coefficient (Wildman–Crippen LogP) is 4.63. The Balaban J connectivity index is 1.33. The van der Waals surface area contributed by atoms with Gasteiger partial charge in [-0.3, -0.25) is 14.4 Å². The molecule has 8 heteroatoms. The van der Waals surface area contributed by atoms with Gasteiger partial charge in [0, 0.05) is 17.2 Å². The lowest BCUT2D eigenvalue weighted by atomic mass is 10.0. The van der Waals surface area contributed by atoms with Gasteiger partial charge in [0.1, 0.15) is 12.4 Å². The maximum Gasteiger partial charge on any atom is 0.311 e. The summed E-state index contributed by atoms with van der Waals surface area (Å²) in [6.45, 7) is 0.161. The van der Waals surface area contributed by atoms with Gasteiger partial charge in [-0.25, -0.2) is 0 Å². The number of rotatable bonds is 9. The number of benzene rings is 3. The number of anilines is 1. The highest BCUT2D eigenvalue weighted by Crippen LogP contribution is 2.41. The molecule has 1 heterocycles. The second-order valence-corrected chi connectivity index (χ2v) is 7.95. The summed E-state index contributed by atoms with van der Waals surface area (Å²) in [5, 5.41) is 2.82. The molecule has 4 rings (SSSR count). The van der Waals surface area contributed by atoms with E-state index in [1.807, 2.05) is 30.3 Å². The van der Waals surface area contributed by atoms with Gasteiger partial charge in [-0.15, -0.1) is 0 Å². The van der Waals surface area contributed by atoms with Crippen LogP contribution < -0.4 is 19.5 Å². The van der Waals surface area contributed by atoms with E-state index in [0.29, 0.717) is 34.1 Å². The number of carbonyl (C=O) groups is 3. The highest BCUT2D eigenvalue weighted by molar-refractivity contribution is 6.35. The standard InChI is InChI=1S/C28H25NO7/c1-33-24-15-21-22(28(32)29-23(21)16-25(24)34-2)14-18-8-10-20(11-9-18)36-27(31)13-12-26(30)35-17-19-6-4-3-5-7-19/h3-11,14-16H,12-13,17H2,1-2H3,(H,29,32). The Hall–Kier alpha value is -4.59. The van der Waals surface area contributed by atoms with Crippen molar-refractivity contribution in [3.63, 3.8) is 0 Å². The molecule has 3 aromatic rings. The van der Waals surface area contributed by atoms with Gasteiger partial charge >= 0.3 is 11.9 Å². The van der Waals surface area contributed by atoms with E-state index in [1.165, 1.54) is 14.2 Å². The van der Waals surface area contributed by atoms with Crippen LogP contribution in [0.25, 0.3) is 11.6 Å². The molecule has 0 aromatic heterocycles. The summed E-state index contributed by atoms with van der Waals surface area (Å²) >= 11 is 0. The third-order valence-corrected chi connectivity index (χ3v) is 5.51. The Labute approximate surface area is 208 Å². The third-order valence-electron chi connectivity index (χ3n) is 5.51. The highest BCUT2D eigenvalue weighted by Gasteiger charge is 2.26. The van der Waals surface area contributed by atoms with E-state index < -0.39 is 11.9 Å². The van der Waals surface area contributed by atoms with E-state index >= 15 is 0 Å². The molecule has 184 valence electrons. The van der Waals surface area contributed by atoms with Gasteiger partial charge in [0.25, 0.3) is 5.91 Å². The summed E-state index contributed by atoms with van der Waals surface area (Å²) in [5.74, 6) is 0.126. The van der Waals surface area contributed by atoms with Crippen molar-refractivity contribution in [3.05, 3.63) is 83.4 Å². The quantitative estimate of drug-likeness (QED) is 0.267. The minimum absolute atomic E-state index is 0.0708. The van der Waals surface area contributed by atoms with E-state index in [9.17, 15) is 14.4 Å². The molecule has 1 N–H and O–H groups in total. The van der Waals surface area contributed by atoms with Gasteiger partial charge in [0.15, 0.2) is 11.5 Å². The van der Waals surface area contributed by atoms with E-state index in [4.69, 9.17) is 18.9 Å². The molecule has 1 aliphatic rings. The second-order valence-electron chi connectivity index (χ2n) is 7.95. The first-order valence-corrected chi connectivity index (χ1v) is 11.3. The number of hydrogen-bond donors (Lipinski definition) is 1. The summed E-state index contributed by atoms with van der Waals surface area (Å²) in [6.07, 6.45) is 1.57. The molecule has 0 aliphatic carbocycles. The van der Waals surface area contributed by atoms with E-state index in [0.717, 1.165) is 11.1 Å². The van der Waals surface area contributed by atoms with Gasteiger partial charge < -0.3 is 24.3 Å².